The van der Waals surface area contributed by atoms with Gasteiger partial charge in [0.1, 0.15) is 0 Å². The first-order valence-corrected chi connectivity index (χ1v) is 10.9. The van der Waals surface area contributed by atoms with E-state index in [4.69, 9.17) is 4.99 Å². The Morgan fingerprint density at radius 3 is 2.45 bits per heavy atom. The average Bonchev–Trinajstić information content (AvgIpc) is 2.76. The minimum atomic E-state index is -0.644. The molecule has 3 aliphatic heterocycles. The quantitative estimate of drug-likeness (QED) is 0.732. The summed E-state index contributed by atoms with van der Waals surface area (Å²) in [5.41, 5.74) is 3.12. The molecule has 0 aliphatic carbocycles. The van der Waals surface area contributed by atoms with Crippen LogP contribution in [0.2, 0.25) is 0 Å². The number of allylic oxidation sites excluding steroid dienone is 4. The van der Waals surface area contributed by atoms with Gasteiger partial charge in [0, 0.05) is 27.9 Å². The van der Waals surface area contributed by atoms with Gasteiger partial charge in [0.2, 0.25) is 5.97 Å². The van der Waals surface area contributed by atoms with Gasteiger partial charge in [0.25, 0.3) is 0 Å². The highest BCUT2D eigenvalue weighted by atomic mass is 19.1. The van der Waals surface area contributed by atoms with E-state index in [1.165, 1.54) is 0 Å². The molecule has 4 nitrogen and oxygen atoms in total. The fraction of sp³-hybridized carbons (Fsp3) is 0.423. The van der Waals surface area contributed by atoms with Crippen LogP contribution in [0.15, 0.2) is 44.4 Å². The second-order valence-corrected chi connectivity index (χ2v) is 9.92. The van der Waals surface area contributed by atoms with Gasteiger partial charge in [0.05, 0.1) is 28.0 Å². The summed E-state index contributed by atoms with van der Waals surface area (Å²) in [6.45, 7) is 14.1. The maximum absolute atomic E-state index is 14.4. The Bertz CT molecular complexity index is 1240. The Kier molecular flexibility index (Phi) is 4.91. The zero-order valence-electron chi connectivity index (χ0n) is 19.5. The van der Waals surface area contributed by atoms with Gasteiger partial charge in [-0.1, -0.05) is 13.0 Å². The lowest BCUT2D eigenvalue weighted by Gasteiger charge is -2.24. The van der Waals surface area contributed by atoms with Crippen LogP contribution in [-0.2, 0) is 5.54 Å². The van der Waals surface area contributed by atoms with Crippen LogP contribution in [-0.4, -0.2) is 34.0 Å². The summed E-state index contributed by atoms with van der Waals surface area (Å²) in [4.78, 5) is 17.7. The van der Waals surface area contributed by atoms with Gasteiger partial charge in [-0.05, 0) is 83.9 Å². The summed E-state index contributed by atoms with van der Waals surface area (Å²) in [6, 6.07) is 0. The summed E-state index contributed by atoms with van der Waals surface area (Å²) in [5, 5.41) is 2.21. The molecule has 0 radical (unpaired) electrons. The van der Waals surface area contributed by atoms with Gasteiger partial charge in [-0.2, -0.15) is 4.39 Å². The third-order valence-corrected chi connectivity index (χ3v) is 6.15. The monoisotopic (exact) mass is 418 g/mol. The molecule has 4 heterocycles. The Labute approximate surface area is 183 Å². The third kappa shape index (κ3) is 3.93. The number of hydrogen-bond donors (Lipinski definition) is 1. The van der Waals surface area contributed by atoms with Crippen LogP contribution in [0.4, 0.5) is 4.39 Å². The summed E-state index contributed by atoms with van der Waals surface area (Å²) < 4.78 is 14.4. The smallest absolute Gasteiger partial charge is 0.212 e. The summed E-state index contributed by atoms with van der Waals surface area (Å²) >= 11 is 0. The van der Waals surface area contributed by atoms with Crippen molar-refractivity contribution in [2.45, 2.75) is 71.5 Å². The van der Waals surface area contributed by atoms with E-state index in [1.54, 1.807) is 6.92 Å². The van der Waals surface area contributed by atoms with Gasteiger partial charge < -0.3 is 4.98 Å². The molecule has 0 spiro atoms. The van der Waals surface area contributed by atoms with E-state index < -0.39 is 17.0 Å². The molecule has 1 aromatic heterocycles. The molecule has 3 aliphatic rings. The lowest BCUT2D eigenvalue weighted by molar-refractivity contribution is 0.468. The molecule has 1 aromatic rings. The van der Waals surface area contributed by atoms with E-state index in [9.17, 15) is 4.39 Å². The van der Waals surface area contributed by atoms with E-state index >= 15 is 0 Å². The second-order valence-electron chi connectivity index (χ2n) is 9.92. The maximum atomic E-state index is 14.4. The highest BCUT2D eigenvalue weighted by Crippen LogP contribution is 2.34. The van der Waals surface area contributed by atoms with Crippen LogP contribution >= 0.6 is 0 Å². The molecule has 1 N–H and O–H groups in total. The zero-order valence-corrected chi connectivity index (χ0v) is 19.5. The first-order valence-electron chi connectivity index (χ1n) is 10.9. The van der Waals surface area contributed by atoms with Crippen LogP contribution < -0.4 is 10.6 Å². The molecular weight excluding hydrogens is 387 g/mol. The van der Waals surface area contributed by atoms with Crippen LogP contribution in [0.25, 0.3) is 18.2 Å². The molecule has 162 valence electrons. The number of aliphatic imine (C=N–C) groups is 3. The molecular formula is C26H31FN4. The minimum Gasteiger partial charge on any atom is -0.356 e. The number of aromatic nitrogens is 1. The normalized spacial score (nSPS) is 25.9. The van der Waals surface area contributed by atoms with Gasteiger partial charge in [0.15, 0.2) is 0 Å². The summed E-state index contributed by atoms with van der Waals surface area (Å²) in [5.74, 6) is -0.421. The van der Waals surface area contributed by atoms with E-state index in [0.29, 0.717) is 5.57 Å². The van der Waals surface area contributed by atoms with E-state index in [0.717, 1.165) is 39.5 Å². The molecule has 0 saturated carbocycles. The topological polar surface area (TPSA) is 52.9 Å². The Morgan fingerprint density at radius 1 is 1.00 bits per heavy atom. The van der Waals surface area contributed by atoms with Crippen LogP contribution in [0.1, 0.15) is 66.1 Å². The largest absolute Gasteiger partial charge is 0.356 e. The van der Waals surface area contributed by atoms with E-state index in [2.05, 4.69) is 60.9 Å². The number of fused-ring (bicyclic) bond motifs is 3. The number of H-pyrrole nitrogens is 1. The third-order valence-electron chi connectivity index (χ3n) is 6.15. The van der Waals surface area contributed by atoms with Crippen molar-refractivity contribution in [2.75, 3.05) is 0 Å². The number of halogens is 1. The lowest BCUT2D eigenvalue weighted by Crippen LogP contribution is -2.27. The first kappa shape index (κ1) is 21.4. The maximum Gasteiger partial charge on any atom is 0.212 e. The van der Waals surface area contributed by atoms with Crippen molar-refractivity contribution in [3.05, 3.63) is 51.2 Å². The second kappa shape index (κ2) is 7.11. The van der Waals surface area contributed by atoms with Crippen molar-refractivity contribution in [3.8, 4) is 0 Å². The summed E-state index contributed by atoms with van der Waals surface area (Å²) in [6.07, 6.45) is 15.0. The molecule has 0 saturated heterocycles. The van der Waals surface area contributed by atoms with Crippen molar-refractivity contribution < 1.29 is 4.39 Å². The van der Waals surface area contributed by atoms with Crippen LogP contribution in [0, 0.1) is 0 Å². The molecule has 0 aromatic carbocycles. The SMILES string of the molecule is CCC1(C)N=C(C2=CC(C)(C)N=C(F)C(C)=C2)C=Cc2c1[nH]c1c2=CC(C)(C)N=CC=1. The van der Waals surface area contributed by atoms with Gasteiger partial charge >= 0.3 is 0 Å². The molecule has 0 fully saturated rings. The number of nitrogens with zero attached hydrogens (tertiary/aromatic N) is 3. The minimum absolute atomic E-state index is 0.285. The standard InChI is InChI=1S/C26H31FN4/c1-8-26(7)22-18(19-15-24(3,4)28-12-11-21(19)29-22)9-10-20(30-26)17-13-16(2)23(27)31-25(5,6)14-17/h9-15,29H,8H2,1-7H3. The van der Waals surface area contributed by atoms with E-state index in [-0.39, 0.29) is 5.54 Å². The van der Waals surface area contributed by atoms with Gasteiger partial charge in [-0.25, -0.2) is 4.99 Å². The molecule has 31 heavy (non-hydrogen) atoms. The number of nitrogens with one attached hydrogen (secondary N) is 1. The molecule has 4 rings (SSSR count). The van der Waals surface area contributed by atoms with E-state index in [1.807, 2.05) is 38.3 Å². The van der Waals surface area contributed by atoms with Crippen molar-refractivity contribution >= 4 is 36.1 Å². The molecule has 1 unspecified atom stereocenters. The van der Waals surface area contributed by atoms with Crippen LogP contribution in [0.3, 0.4) is 0 Å². The highest BCUT2D eigenvalue weighted by molar-refractivity contribution is 6.14. The van der Waals surface area contributed by atoms with Crippen molar-refractivity contribution in [3.63, 3.8) is 0 Å². The Hall–Kier alpha value is -2.82. The van der Waals surface area contributed by atoms with Crippen molar-refractivity contribution in [1.82, 2.24) is 4.98 Å². The van der Waals surface area contributed by atoms with Crippen molar-refractivity contribution in [1.29, 1.82) is 0 Å². The molecule has 0 amide bonds. The molecule has 0 bridgehead atoms. The number of hydrogen-bond acceptors (Lipinski definition) is 3. The Balaban J connectivity index is 1.93. The fourth-order valence-electron chi connectivity index (χ4n) is 4.30. The van der Waals surface area contributed by atoms with Crippen LogP contribution in [0.5, 0.6) is 0 Å². The predicted molar refractivity (Wildman–Crippen MR) is 130 cm³/mol. The fourth-order valence-corrected chi connectivity index (χ4v) is 4.30. The Morgan fingerprint density at radius 2 is 1.74 bits per heavy atom. The number of aromatic amines is 1. The molecule has 1 atom stereocenters. The highest BCUT2D eigenvalue weighted by Gasteiger charge is 2.32. The predicted octanol–water partition coefficient (Wildman–Crippen LogP) is 4.56. The summed E-state index contributed by atoms with van der Waals surface area (Å²) in [7, 11) is 0. The zero-order chi connectivity index (χ0) is 22.6. The molecule has 5 heteroatoms. The van der Waals surface area contributed by atoms with Gasteiger partial charge in [-0.3, -0.25) is 9.98 Å². The number of rotatable bonds is 2. The first-order chi connectivity index (χ1) is 14.4. The van der Waals surface area contributed by atoms with Gasteiger partial charge in [-0.15, -0.1) is 0 Å². The van der Waals surface area contributed by atoms with Crippen molar-refractivity contribution in [2.24, 2.45) is 15.0 Å². The lowest BCUT2D eigenvalue weighted by atomic mass is 9.91. The average molecular weight is 419 g/mol.